The Bertz CT molecular complexity index is 607. The van der Waals surface area contributed by atoms with Crippen LogP contribution in [0.15, 0.2) is 36.7 Å². The van der Waals surface area contributed by atoms with Crippen LogP contribution in [0.4, 0.5) is 5.69 Å². The summed E-state index contributed by atoms with van der Waals surface area (Å²) >= 11 is 0. The summed E-state index contributed by atoms with van der Waals surface area (Å²) in [4.78, 5) is 6.45. The third-order valence-corrected chi connectivity index (χ3v) is 4.05. The smallest absolute Gasteiger partial charge is 0.0397 e. The number of fused-ring (bicyclic) bond motifs is 1. The topological polar surface area (TPSA) is 28.2 Å². The monoisotopic (exact) mass is 267 g/mol. The van der Waals surface area contributed by atoms with Crippen molar-refractivity contribution in [2.75, 3.05) is 18.5 Å². The van der Waals surface area contributed by atoms with Gasteiger partial charge < -0.3 is 10.2 Å². The van der Waals surface area contributed by atoms with Crippen molar-refractivity contribution in [2.24, 2.45) is 0 Å². The van der Waals surface area contributed by atoms with Crippen LogP contribution in [-0.2, 0) is 19.5 Å². The van der Waals surface area contributed by atoms with Crippen LogP contribution in [-0.4, -0.2) is 18.6 Å². The number of aryl methyl sites for hydroxylation is 1. The predicted octanol–water partition coefficient (Wildman–Crippen LogP) is 2.67. The lowest BCUT2D eigenvalue weighted by Gasteiger charge is -2.12. The molecular formula is C17H21N3. The third kappa shape index (κ3) is 2.68. The number of pyridine rings is 1. The molecule has 0 saturated heterocycles. The van der Waals surface area contributed by atoms with Gasteiger partial charge in [0.1, 0.15) is 0 Å². The normalized spacial score (nSPS) is 13.6. The predicted molar refractivity (Wildman–Crippen MR) is 82.9 cm³/mol. The molecule has 3 nitrogen and oxygen atoms in total. The lowest BCUT2D eigenvalue weighted by atomic mass is 10.1. The van der Waals surface area contributed by atoms with E-state index in [4.69, 9.17) is 0 Å². The van der Waals surface area contributed by atoms with E-state index < -0.39 is 0 Å². The van der Waals surface area contributed by atoms with Gasteiger partial charge in [0.15, 0.2) is 0 Å². The molecule has 0 spiro atoms. The van der Waals surface area contributed by atoms with Crippen molar-refractivity contribution >= 4 is 5.69 Å². The molecule has 1 aromatic heterocycles. The average molecular weight is 267 g/mol. The van der Waals surface area contributed by atoms with E-state index in [0.717, 1.165) is 19.6 Å². The van der Waals surface area contributed by atoms with Crippen LogP contribution >= 0.6 is 0 Å². The Morgan fingerprint density at radius 2 is 2.15 bits per heavy atom. The highest BCUT2D eigenvalue weighted by Crippen LogP contribution is 2.27. The highest BCUT2D eigenvalue weighted by Gasteiger charge is 2.15. The van der Waals surface area contributed by atoms with Crippen LogP contribution in [0.3, 0.4) is 0 Å². The molecule has 1 aromatic carbocycles. The van der Waals surface area contributed by atoms with Gasteiger partial charge in [-0.2, -0.15) is 0 Å². The zero-order valence-electron chi connectivity index (χ0n) is 12.2. The van der Waals surface area contributed by atoms with E-state index in [0.29, 0.717) is 0 Å². The van der Waals surface area contributed by atoms with Crippen molar-refractivity contribution in [3.63, 3.8) is 0 Å². The van der Waals surface area contributed by atoms with Gasteiger partial charge in [-0.25, -0.2) is 0 Å². The minimum Gasteiger partial charge on any atom is -0.374 e. The van der Waals surface area contributed by atoms with Gasteiger partial charge in [-0.3, -0.25) is 4.98 Å². The largest absolute Gasteiger partial charge is 0.374 e. The van der Waals surface area contributed by atoms with E-state index >= 15 is 0 Å². The van der Waals surface area contributed by atoms with Crippen LogP contribution < -0.4 is 10.2 Å². The molecule has 0 aliphatic carbocycles. The van der Waals surface area contributed by atoms with Gasteiger partial charge in [-0.1, -0.05) is 12.1 Å². The fraction of sp³-hybridized carbons (Fsp3) is 0.353. The van der Waals surface area contributed by atoms with Crippen LogP contribution in [0.25, 0.3) is 0 Å². The molecule has 20 heavy (non-hydrogen) atoms. The summed E-state index contributed by atoms with van der Waals surface area (Å²) < 4.78 is 0. The summed E-state index contributed by atoms with van der Waals surface area (Å²) in [5.41, 5.74) is 6.80. The van der Waals surface area contributed by atoms with Crippen molar-refractivity contribution < 1.29 is 0 Å². The van der Waals surface area contributed by atoms with Gasteiger partial charge in [-0.15, -0.1) is 0 Å². The van der Waals surface area contributed by atoms with Crippen molar-refractivity contribution in [2.45, 2.75) is 26.4 Å². The van der Waals surface area contributed by atoms with Gasteiger partial charge in [0.05, 0.1) is 0 Å². The van der Waals surface area contributed by atoms with Crippen molar-refractivity contribution in [1.29, 1.82) is 0 Å². The molecule has 0 fully saturated rings. The molecule has 1 aliphatic rings. The Kier molecular flexibility index (Phi) is 3.70. The van der Waals surface area contributed by atoms with Crippen LogP contribution in [0.5, 0.6) is 0 Å². The number of nitrogens with one attached hydrogen (secondary N) is 1. The number of aromatic nitrogens is 1. The molecular weight excluding hydrogens is 246 g/mol. The Balaban J connectivity index is 1.61. The quantitative estimate of drug-likeness (QED) is 0.923. The number of hydrogen-bond acceptors (Lipinski definition) is 3. The summed E-state index contributed by atoms with van der Waals surface area (Å²) in [7, 11) is 2.16. The number of likely N-dealkylation sites (N-methyl/N-ethyl adjacent to an activating group) is 1. The maximum absolute atomic E-state index is 4.13. The fourth-order valence-electron chi connectivity index (χ4n) is 2.77. The fourth-order valence-corrected chi connectivity index (χ4v) is 2.77. The van der Waals surface area contributed by atoms with Crippen molar-refractivity contribution in [3.05, 3.63) is 58.9 Å². The third-order valence-electron chi connectivity index (χ3n) is 4.05. The Labute approximate surface area is 120 Å². The number of hydrogen-bond donors (Lipinski definition) is 1. The molecule has 104 valence electrons. The van der Waals surface area contributed by atoms with E-state index in [9.17, 15) is 0 Å². The molecule has 0 unspecified atom stereocenters. The van der Waals surface area contributed by atoms with Gasteiger partial charge in [0, 0.05) is 44.8 Å². The first-order valence-corrected chi connectivity index (χ1v) is 7.17. The van der Waals surface area contributed by atoms with Crippen molar-refractivity contribution in [3.8, 4) is 0 Å². The molecule has 3 heteroatoms. The lowest BCUT2D eigenvalue weighted by Crippen LogP contribution is -2.14. The molecule has 1 N–H and O–H groups in total. The standard InChI is InChI=1S/C17H21N3/c1-13-10-18-7-5-16(13)12-19-11-14-3-4-17-15(9-14)6-8-20(17)2/h3-5,7,9-10,19H,6,8,11-12H2,1-2H3. The van der Waals surface area contributed by atoms with Crippen LogP contribution in [0, 0.1) is 6.92 Å². The van der Waals surface area contributed by atoms with E-state index in [1.807, 2.05) is 12.4 Å². The van der Waals surface area contributed by atoms with Gasteiger partial charge in [-0.05, 0) is 47.7 Å². The minimum absolute atomic E-state index is 0.894. The maximum atomic E-state index is 4.13. The SMILES string of the molecule is Cc1cnccc1CNCc1ccc2c(c1)CCN2C. The summed E-state index contributed by atoms with van der Waals surface area (Å²) in [5, 5.41) is 3.52. The first kappa shape index (κ1) is 13.1. The summed E-state index contributed by atoms with van der Waals surface area (Å²) in [6, 6.07) is 8.90. The first-order chi connectivity index (χ1) is 9.74. The van der Waals surface area contributed by atoms with Crippen molar-refractivity contribution in [1.82, 2.24) is 10.3 Å². The van der Waals surface area contributed by atoms with E-state index in [1.54, 1.807) is 0 Å². The molecule has 3 rings (SSSR count). The second-order valence-corrected chi connectivity index (χ2v) is 5.54. The second-order valence-electron chi connectivity index (χ2n) is 5.54. The number of rotatable bonds is 4. The molecule has 0 bridgehead atoms. The molecule has 0 radical (unpaired) electrons. The number of anilines is 1. The molecule has 0 saturated carbocycles. The van der Waals surface area contributed by atoms with Gasteiger partial charge in [0.25, 0.3) is 0 Å². The molecule has 2 heterocycles. The maximum Gasteiger partial charge on any atom is 0.0397 e. The lowest BCUT2D eigenvalue weighted by molar-refractivity contribution is 0.689. The van der Waals surface area contributed by atoms with E-state index in [2.05, 4.69) is 53.4 Å². The van der Waals surface area contributed by atoms with E-state index in [1.165, 1.54) is 34.4 Å². The average Bonchev–Trinajstić information content (AvgIpc) is 2.82. The number of benzene rings is 1. The zero-order chi connectivity index (χ0) is 13.9. The molecule has 0 atom stereocenters. The Morgan fingerprint density at radius 1 is 1.25 bits per heavy atom. The highest BCUT2D eigenvalue weighted by atomic mass is 15.1. The van der Waals surface area contributed by atoms with Gasteiger partial charge in [0.2, 0.25) is 0 Å². The second kappa shape index (κ2) is 5.63. The first-order valence-electron chi connectivity index (χ1n) is 7.17. The summed E-state index contributed by atoms with van der Waals surface area (Å²) in [6.45, 7) is 5.06. The molecule has 1 aliphatic heterocycles. The summed E-state index contributed by atoms with van der Waals surface area (Å²) in [5.74, 6) is 0. The highest BCUT2D eigenvalue weighted by molar-refractivity contribution is 5.58. The van der Waals surface area contributed by atoms with Gasteiger partial charge >= 0.3 is 0 Å². The van der Waals surface area contributed by atoms with Crippen LogP contribution in [0.2, 0.25) is 0 Å². The number of nitrogens with zero attached hydrogens (tertiary/aromatic N) is 2. The molecule has 2 aromatic rings. The summed E-state index contributed by atoms with van der Waals surface area (Å²) in [6.07, 6.45) is 4.95. The van der Waals surface area contributed by atoms with E-state index in [-0.39, 0.29) is 0 Å². The zero-order valence-corrected chi connectivity index (χ0v) is 12.2. The molecule has 0 amide bonds. The minimum atomic E-state index is 0.894. The Hall–Kier alpha value is -1.87. The van der Waals surface area contributed by atoms with Crippen LogP contribution in [0.1, 0.15) is 22.3 Å². The Morgan fingerprint density at radius 3 is 3.00 bits per heavy atom.